The zero-order chi connectivity index (χ0) is 13.0. The van der Waals surface area contributed by atoms with Crippen molar-refractivity contribution in [3.63, 3.8) is 0 Å². The molecule has 1 aliphatic rings. The van der Waals surface area contributed by atoms with Gasteiger partial charge in [-0.1, -0.05) is 6.07 Å². The molecule has 94 valence electrons. The van der Waals surface area contributed by atoms with E-state index in [4.69, 9.17) is 5.26 Å². The number of nitriles is 1. The molecule has 0 bridgehead atoms. The predicted molar refractivity (Wildman–Crippen MR) is 68.8 cm³/mol. The Bertz CT molecular complexity index is 490. The largest absolute Gasteiger partial charge is 0.355 e. The maximum Gasteiger partial charge on any atom is 0.237 e. The molecule has 1 saturated heterocycles. The van der Waals surface area contributed by atoms with Gasteiger partial charge in [0.1, 0.15) is 0 Å². The van der Waals surface area contributed by atoms with E-state index in [9.17, 15) is 4.79 Å². The third kappa shape index (κ3) is 2.88. The fourth-order valence-corrected chi connectivity index (χ4v) is 2.16. The fraction of sp³-hybridized carbons (Fsp3) is 0.429. The highest BCUT2D eigenvalue weighted by atomic mass is 16.2. The van der Waals surface area contributed by atoms with Crippen LogP contribution >= 0.6 is 0 Å². The highest BCUT2D eigenvalue weighted by Gasteiger charge is 2.20. The van der Waals surface area contributed by atoms with Gasteiger partial charge >= 0.3 is 0 Å². The average molecular weight is 243 g/mol. The summed E-state index contributed by atoms with van der Waals surface area (Å²) in [6, 6.07) is 7.66. The van der Waals surface area contributed by atoms with Crippen molar-refractivity contribution in [2.75, 3.05) is 6.54 Å². The van der Waals surface area contributed by atoms with E-state index in [1.54, 1.807) is 0 Å². The van der Waals surface area contributed by atoms with Gasteiger partial charge in [0.2, 0.25) is 5.91 Å². The van der Waals surface area contributed by atoms with Gasteiger partial charge in [-0.05, 0) is 43.0 Å². The van der Waals surface area contributed by atoms with E-state index in [-0.39, 0.29) is 11.9 Å². The number of hydrogen-bond donors (Lipinski definition) is 2. The Morgan fingerprint density at radius 3 is 3.06 bits per heavy atom. The molecule has 4 nitrogen and oxygen atoms in total. The second kappa shape index (κ2) is 5.65. The lowest BCUT2D eigenvalue weighted by molar-refractivity contribution is -0.124. The third-order valence-electron chi connectivity index (χ3n) is 3.30. The van der Waals surface area contributed by atoms with E-state index in [1.165, 1.54) is 0 Å². The normalized spacial score (nSPS) is 19.1. The molecule has 1 aromatic rings. The molecule has 0 aromatic heterocycles. The maximum absolute atomic E-state index is 11.6. The Kier molecular flexibility index (Phi) is 3.96. The first-order valence-corrected chi connectivity index (χ1v) is 6.21. The van der Waals surface area contributed by atoms with Gasteiger partial charge in [-0.2, -0.15) is 5.26 Å². The van der Waals surface area contributed by atoms with Gasteiger partial charge in [0, 0.05) is 13.1 Å². The summed E-state index contributed by atoms with van der Waals surface area (Å²) in [4.78, 5) is 11.6. The van der Waals surface area contributed by atoms with E-state index in [0.717, 1.165) is 30.5 Å². The van der Waals surface area contributed by atoms with Crippen LogP contribution in [0.5, 0.6) is 0 Å². The van der Waals surface area contributed by atoms with E-state index in [0.29, 0.717) is 12.1 Å². The minimum atomic E-state index is -0.0891. The zero-order valence-electron chi connectivity index (χ0n) is 10.5. The van der Waals surface area contributed by atoms with Crippen molar-refractivity contribution in [2.45, 2.75) is 32.4 Å². The molecule has 1 aromatic carbocycles. The lowest BCUT2D eigenvalue weighted by atomic mass is 10.0. The molecule has 1 aliphatic heterocycles. The molecule has 1 unspecified atom stereocenters. The quantitative estimate of drug-likeness (QED) is 0.839. The van der Waals surface area contributed by atoms with Crippen LogP contribution in [-0.2, 0) is 11.3 Å². The molecule has 0 radical (unpaired) electrons. The molecule has 1 fully saturated rings. The SMILES string of the molecule is Cc1cc(C#N)ccc1CNC1CCCNC1=O. The molecule has 2 rings (SSSR count). The van der Waals surface area contributed by atoms with Crippen molar-refractivity contribution in [1.29, 1.82) is 5.26 Å². The second-order valence-electron chi connectivity index (χ2n) is 4.62. The van der Waals surface area contributed by atoms with Gasteiger partial charge in [-0.15, -0.1) is 0 Å². The second-order valence-corrected chi connectivity index (χ2v) is 4.62. The topological polar surface area (TPSA) is 64.9 Å². The summed E-state index contributed by atoms with van der Waals surface area (Å²) in [5.74, 6) is 0.0903. The molecular weight excluding hydrogens is 226 g/mol. The smallest absolute Gasteiger partial charge is 0.237 e. The van der Waals surface area contributed by atoms with Crippen molar-refractivity contribution < 1.29 is 4.79 Å². The third-order valence-corrected chi connectivity index (χ3v) is 3.30. The van der Waals surface area contributed by atoms with E-state index in [2.05, 4.69) is 16.7 Å². The van der Waals surface area contributed by atoms with Crippen LogP contribution in [0.2, 0.25) is 0 Å². The molecule has 4 heteroatoms. The number of carbonyl (C=O) groups is 1. The van der Waals surface area contributed by atoms with Crippen LogP contribution in [0.15, 0.2) is 18.2 Å². The summed E-state index contributed by atoms with van der Waals surface area (Å²) in [5, 5.41) is 14.9. The van der Waals surface area contributed by atoms with Crippen LogP contribution in [0.3, 0.4) is 0 Å². The van der Waals surface area contributed by atoms with Crippen molar-refractivity contribution >= 4 is 5.91 Å². The lowest BCUT2D eigenvalue weighted by Crippen LogP contribution is -2.47. The number of aryl methyl sites for hydroxylation is 1. The molecule has 0 spiro atoms. The molecule has 18 heavy (non-hydrogen) atoms. The maximum atomic E-state index is 11.6. The van der Waals surface area contributed by atoms with Crippen molar-refractivity contribution in [3.05, 3.63) is 34.9 Å². The first-order chi connectivity index (χ1) is 8.70. The van der Waals surface area contributed by atoms with Crippen molar-refractivity contribution in [1.82, 2.24) is 10.6 Å². The van der Waals surface area contributed by atoms with Crippen LogP contribution in [0.1, 0.15) is 29.5 Å². The monoisotopic (exact) mass is 243 g/mol. The lowest BCUT2D eigenvalue weighted by Gasteiger charge is -2.23. The van der Waals surface area contributed by atoms with E-state index in [1.807, 2.05) is 25.1 Å². The summed E-state index contributed by atoms with van der Waals surface area (Å²) in [7, 11) is 0. The summed E-state index contributed by atoms with van der Waals surface area (Å²) < 4.78 is 0. The number of benzene rings is 1. The molecule has 0 aliphatic carbocycles. The minimum Gasteiger partial charge on any atom is -0.355 e. The van der Waals surface area contributed by atoms with Crippen LogP contribution in [0.25, 0.3) is 0 Å². The van der Waals surface area contributed by atoms with E-state index < -0.39 is 0 Å². The summed E-state index contributed by atoms with van der Waals surface area (Å²) >= 11 is 0. The van der Waals surface area contributed by atoms with Crippen molar-refractivity contribution in [2.24, 2.45) is 0 Å². The van der Waals surface area contributed by atoms with Crippen molar-refractivity contribution in [3.8, 4) is 6.07 Å². The standard InChI is InChI=1S/C14H17N3O/c1-10-7-11(8-15)4-5-12(10)9-17-13-3-2-6-16-14(13)18/h4-5,7,13,17H,2-3,6,9H2,1H3,(H,16,18). The van der Waals surface area contributed by atoms with Gasteiger partial charge in [-0.25, -0.2) is 0 Å². The Morgan fingerprint density at radius 1 is 1.56 bits per heavy atom. The molecule has 2 N–H and O–H groups in total. The first-order valence-electron chi connectivity index (χ1n) is 6.21. The number of piperidine rings is 1. The Morgan fingerprint density at radius 2 is 2.39 bits per heavy atom. The first kappa shape index (κ1) is 12.6. The van der Waals surface area contributed by atoms with Crippen LogP contribution in [0, 0.1) is 18.3 Å². The van der Waals surface area contributed by atoms with Gasteiger partial charge in [0.15, 0.2) is 0 Å². The van der Waals surface area contributed by atoms with Gasteiger partial charge in [0.05, 0.1) is 17.7 Å². The molecule has 1 atom stereocenters. The highest BCUT2D eigenvalue weighted by molar-refractivity contribution is 5.82. The van der Waals surface area contributed by atoms with Crippen LogP contribution in [-0.4, -0.2) is 18.5 Å². The number of amides is 1. The summed E-state index contributed by atoms with van der Waals surface area (Å²) in [5.41, 5.74) is 2.89. The average Bonchev–Trinajstić information content (AvgIpc) is 2.39. The molecule has 0 saturated carbocycles. The highest BCUT2D eigenvalue weighted by Crippen LogP contribution is 2.11. The summed E-state index contributed by atoms with van der Waals surface area (Å²) in [6.07, 6.45) is 1.91. The van der Waals surface area contributed by atoms with Crippen LogP contribution < -0.4 is 10.6 Å². The van der Waals surface area contributed by atoms with Gasteiger partial charge in [-0.3, -0.25) is 4.79 Å². The number of rotatable bonds is 3. The fourth-order valence-electron chi connectivity index (χ4n) is 2.16. The van der Waals surface area contributed by atoms with Gasteiger partial charge < -0.3 is 10.6 Å². The molecule has 1 heterocycles. The molecular formula is C14H17N3O. The predicted octanol–water partition coefficient (Wildman–Crippen LogP) is 1.23. The Balaban J connectivity index is 1.98. The Labute approximate surface area is 107 Å². The number of carbonyl (C=O) groups excluding carboxylic acids is 1. The van der Waals surface area contributed by atoms with Crippen LogP contribution in [0.4, 0.5) is 0 Å². The number of nitrogens with one attached hydrogen (secondary N) is 2. The van der Waals surface area contributed by atoms with Gasteiger partial charge in [0.25, 0.3) is 0 Å². The van der Waals surface area contributed by atoms with E-state index >= 15 is 0 Å². The Hall–Kier alpha value is -1.86. The minimum absolute atomic E-state index is 0.0891. The molecule has 1 amide bonds. The number of nitrogens with zero attached hydrogens (tertiary/aromatic N) is 1. The summed E-state index contributed by atoms with van der Waals surface area (Å²) in [6.45, 7) is 3.43. The zero-order valence-corrected chi connectivity index (χ0v) is 10.5. The number of hydrogen-bond acceptors (Lipinski definition) is 3.